The molecule has 1 aliphatic rings. The van der Waals surface area contributed by atoms with Crippen LogP contribution in [0.2, 0.25) is 0 Å². The van der Waals surface area contributed by atoms with E-state index in [0.717, 1.165) is 11.3 Å². The molecular weight excluding hydrogens is 188 g/mol. The molecule has 1 aliphatic carbocycles. The van der Waals surface area contributed by atoms with Crippen LogP contribution in [0.5, 0.6) is 0 Å². The smallest absolute Gasteiger partial charge is 0.224 e. The number of nitrogens with two attached hydrogens (primary N) is 1. The number of hydrogen-bond donors (Lipinski definition) is 2. The maximum Gasteiger partial charge on any atom is 0.224 e. The topological polar surface area (TPSA) is 55.1 Å². The Labute approximate surface area is 89.7 Å². The van der Waals surface area contributed by atoms with Gasteiger partial charge in [0.25, 0.3) is 0 Å². The molecule has 2 rings (SSSR count). The van der Waals surface area contributed by atoms with Gasteiger partial charge < -0.3 is 11.1 Å². The predicted octanol–water partition coefficient (Wildman–Crippen LogP) is 2.32. The average molecular weight is 204 g/mol. The summed E-state index contributed by atoms with van der Waals surface area (Å²) in [4.78, 5) is 11.6. The van der Waals surface area contributed by atoms with Crippen molar-refractivity contribution in [3.8, 4) is 0 Å². The standard InChI is InChI=1S/C12H16N2O/c1-8-3-2-4-10(13)12(8)14-11(15)7-9-5-6-9/h2-4,9H,5-7,13H2,1H3,(H,14,15). The third kappa shape index (κ3) is 2.49. The van der Waals surface area contributed by atoms with Crippen molar-refractivity contribution in [2.45, 2.75) is 26.2 Å². The molecule has 1 aromatic rings. The number of carbonyl (C=O) groups is 1. The van der Waals surface area contributed by atoms with Gasteiger partial charge in [0, 0.05) is 6.42 Å². The molecule has 80 valence electrons. The molecular formula is C12H16N2O. The van der Waals surface area contributed by atoms with Gasteiger partial charge in [-0.1, -0.05) is 12.1 Å². The summed E-state index contributed by atoms with van der Waals surface area (Å²) in [5.41, 5.74) is 8.22. The number of hydrogen-bond acceptors (Lipinski definition) is 2. The van der Waals surface area contributed by atoms with Crippen LogP contribution in [0.1, 0.15) is 24.8 Å². The quantitative estimate of drug-likeness (QED) is 0.742. The van der Waals surface area contributed by atoms with E-state index in [1.54, 1.807) is 6.07 Å². The van der Waals surface area contributed by atoms with E-state index >= 15 is 0 Å². The Morgan fingerprint density at radius 3 is 2.87 bits per heavy atom. The molecule has 0 aliphatic heterocycles. The van der Waals surface area contributed by atoms with Gasteiger partial charge in [0.2, 0.25) is 5.91 Å². The molecule has 15 heavy (non-hydrogen) atoms. The number of anilines is 2. The second-order valence-electron chi connectivity index (χ2n) is 4.23. The molecule has 3 N–H and O–H groups in total. The van der Waals surface area contributed by atoms with Crippen LogP contribution in [0, 0.1) is 12.8 Å². The molecule has 1 saturated carbocycles. The normalized spacial score (nSPS) is 15.0. The van der Waals surface area contributed by atoms with E-state index in [-0.39, 0.29) is 5.91 Å². The van der Waals surface area contributed by atoms with Gasteiger partial charge in [-0.15, -0.1) is 0 Å². The molecule has 0 bridgehead atoms. The first-order valence-corrected chi connectivity index (χ1v) is 5.32. The lowest BCUT2D eigenvalue weighted by atomic mass is 10.1. The highest BCUT2D eigenvalue weighted by Gasteiger charge is 2.24. The Balaban J connectivity index is 2.05. The average Bonchev–Trinajstić information content (AvgIpc) is 2.95. The van der Waals surface area contributed by atoms with E-state index in [1.807, 2.05) is 19.1 Å². The van der Waals surface area contributed by atoms with Crippen molar-refractivity contribution in [2.24, 2.45) is 5.92 Å². The summed E-state index contributed by atoms with van der Waals surface area (Å²) in [5.74, 6) is 0.689. The predicted molar refractivity (Wildman–Crippen MR) is 61.6 cm³/mol. The minimum absolute atomic E-state index is 0.0819. The first kappa shape index (κ1) is 10.0. The Hall–Kier alpha value is -1.51. The summed E-state index contributed by atoms with van der Waals surface area (Å²) >= 11 is 0. The van der Waals surface area contributed by atoms with Crippen LogP contribution >= 0.6 is 0 Å². The van der Waals surface area contributed by atoms with Crippen molar-refractivity contribution in [3.63, 3.8) is 0 Å². The Morgan fingerprint density at radius 1 is 1.53 bits per heavy atom. The van der Waals surface area contributed by atoms with E-state index in [0.29, 0.717) is 18.0 Å². The first-order chi connectivity index (χ1) is 7.16. The number of rotatable bonds is 3. The molecule has 1 fully saturated rings. The second kappa shape index (κ2) is 3.93. The van der Waals surface area contributed by atoms with Crippen LogP contribution in [-0.2, 0) is 4.79 Å². The molecule has 0 heterocycles. The van der Waals surface area contributed by atoms with Gasteiger partial charge in [-0.3, -0.25) is 4.79 Å². The summed E-state index contributed by atoms with van der Waals surface area (Å²) < 4.78 is 0. The Kier molecular flexibility index (Phi) is 2.62. The lowest BCUT2D eigenvalue weighted by molar-refractivity contribution is -0.116. The van der Waals surface area contributed by atoms with Crippen LogP contribution in [0.15, 0.2) is 18.2 Å². The van der Waals surface area contributed by atoms with Gasteiger partial charge in [0.1, 0.15) is 0 Å². The molecule has 1 amide bonds. The van der Waals surface area contributed by atoms with Gasteiger partial charge in [0.15, 0.2) is 0 Å². The van der Waals surface area contributed by atoms with Crippen molar-refractivity contribution in [1.82, 2.24) is 0 Å². The maximum atomic E-state index is 11.6. The number of aryl methyl sites for hydroxylation is 1. The Morgan fingerprint density at radius 2 is 2.27 bits per heavy atom. The van der Waals surface area contributed by atoms with Gasteiger partial charge >= 0.3 is 0 Å². The van der Waals surface area contributed by atoms with Gasteiger partial charge in [-0.05, 0) is 37.3 Å². The van der Waals surface area contributed by atoms with E-state index in [2.05, 4.69) is 5.32 Å². The number of amides is 1. The summed E-state index contributed by atoms with van der Waals surface area (Å²) in [6.07, 6.45) is 3.02. The molecule has 1 aromatic carbocycles. The fourth-order valence-corrected chi connectivity index (χ4v) is 1.64. The van der Waals surface area contributed by atoms with E-state index in [9.17, 15) is 4.79 Å². The summed E-state index contributed by atoms with van der Waals surface area (Å²) in [6.45, 7) is 1.95. The maximum absolute atomic E-state index is 11.6. The van der Waals surface area contributed by atoms with Gasteiger partial charge in [0.05, 0.1) is 11.4 Å². The molecule has 0 radical (unpaired) electrons. The molecule has 0 unspecified atom stereocenters. The van der Waals surface area contributed by atoms with E-state index in [1.165, 1.54) is 12.8 Å². The number of benzene rings is 1. The van der Waals surface area contributed by atoms with E-state index < -0.39 is 0 Å². The lowest BCUT2D eigenvalue weighted by Gasteiger charge is -2.10. The SMILES string of the molecule is Cc1cccc(N)c1NC(=O)CC1CC1. The Bertz CT molecular complexity index is 363. The van der Waals surface area contributed by atoms with Crippen molar-refractivity contribution >= 4 is 17.3 Å². The molecule has 0 saturated heterocycles. The zero-order chi connectivity index (χ0) is 10.8. The first-order valence-electron chi connectivity index (χ1n) is 5.32. The van der Waals surface area contributed by atoms with Crippen molar-refractivity contribution in [3.05, 3.63) is 23.8 Å². The van der Waals surface area contributed by atoms with Crippen molar-refractivity contribution < 1.29 is 4.79 Å². The number of para-hydroxylation sites is 1. The highest BCUT2D eigenvalue weighted by Crippen LogP contribution is 2.33. The summed E-state index contributed by atoms with van der Waals surface area (Å²) in [6, 6.07) is 5.64. The van der Waals surface area contributed by atoms with Crippen LogP contribution in [0.3, 0.4) is 0 Å². The third-order valence-corrected chi connectivity index (χ3v) is 2.74. The van der Waals surface area contributed by atoms with Crippen LogP contribution in [0.25, 0.3) is 0 Å². The van der Waals surface area contributed by atoms with Crippen LogP contribution in [0.4, 0.5) is 11.4 Å². The summed E-state index contributed by atoms with van der Waals surface area (Å²) in [7, 11) is 0. The van der Waals surface area contributed by atoms with Gasteiger partial charge in [-0.25, -0.2) is 0 Å². The molecule has 3 nitrogen and oxygen atoms in total. The van der Waals surface area contributed by atoms with Crippen LogP contribution < -0.4 is 11.1 Å². The zero-order valence-electron chi connectivity index (χ0n) is 8.92. The number of carbonyl (C=O) groups excluding carboxylic acids is 1. The summed E-state index contributed by atoms with van der Waals surface area (Å²) in [5, 5.41) is 2.89. The highest BCUT2D eigenvalue weighted by atomic mass is 16.1. The molecule has 3 heteroatoms. The van der Waals surface area contributed by atoms with Gasteiger partial charge in [-0.2, -0.15) is 0 Å². The van der Waals surface area contributed by atoms with E-state index in [4.69, 9.17) is 5.73 Å². The highest BCUT2D eigenvalue weighted by molar-refractivity contribution is 5.95. The van der Waals surface area contributed by atoms with Crippen molar-refractivity contribution in [2.75, 3.05) is 11.1 Å². The molecule has 0 atom stereocenters. The zero-order valence-corrected chi connectivity index (χ0v) is 8.92. The van der Waals surface area contributed by atoms with Crippen molar-refractivity contribution in [1.29, 1.82) is 0 Å². The lowest BCUT2D eigenvalue weighted by Crippen LogP contribution is -2.14. The molecule has 0 aromatic heterocycles. The minimum atomic E-state index is 0.0819. The largest absolute Gasteiger partial charge is 0.397 e. The third-order valence-electron chi connectivity index (χ3n) is 2.74. The number of nitrogen functional groups attached to an aromatic ring is 1. The number of nitrogens with one attached hydrogen (secondary N) is 1. The minimum Gasteiger partial charge on any atom is -0.397 e. The molecule has 0 spiro atoms. The monoisotopic (exact) mass is 204 g/mol. The van der Waals surface area contributed by atoms with Crippen LogP contribution in [-0.4, -0.2) is 5.91 Å². The fourth-order valence-electron chi connectivity index (χ4n) is 1.64. The second-order valence-corrected chi connectivity index (χ2v) is 4.23. The fraction of sp³-hybridized carbons (Fsp3) is 0.417.